The van der Waals surface area contributed by atoms with Crippen LogP contribution >= 0.6 is 11.6 Å². The Labute approximate surface area is 174 Å². The summed E-state index contributed by atoms with van der Waals surface area (Å²) in [5.74, 6) is 0.793. The van der Waals surface area contributed by atoms with Crippen LogP contribution in [0.15, 0.2) is 42.5 Å². The number of fused-ring (bicyclic) bond motifs is 1. The third-order valence-corrected chi connectivity index (χ3v) is 5.47. The van der Waals surface area contributed by atoms with Crippen molar-refractivity contribution in [2.45, 2.75) is 24.7 Å². The van der Waals surface area contributed by atoms with E-state index in [2.05, 4.69) is 5.32 Å². The first-order valence-corrected chi connectivity index (χ1v) is 10.0. The number of benzene rings is 2. The lowest BCUT2D eigenvalue weighted by atomic mass is 9.96. The van der Waals surface area contributed by atoms with Crippen LogP contribution in [0.3, 0.4) is 0 Å². The van der Waals surface area contributed by atoms with Crippen molar-refractivity contribution < 1.29 is 23.8 Å². The highest BCUT2D eigenvalue weighted by atomic mass is 35.5. The highest BCUT2D eigenvalue weighted by Gasteiger charge is 2.52. The van der Waals surface area contributed by atoms with Gasteiger partial charge in [-0.3, -0.25) is 9.59 Å². The Balaban J connectivity index is 1.22. The van der Waals surface area contributed by atoms with Crippen molar-refractivity contribution in [3.63, 3.8) is 0 Å². The summed E-state index contributed by atoms with van der Waals surface area (Å²) in [6.07, 6.45) is 2.09. The minimum Gasteiger partial charge on any atom is -0.486 e. The normalized spacial score (nSPS) is 16.0. The lowest BCUT2D eigenvalue weighted by Crippen LogP contribution is -2.33. The van der Waals surface area contributed by atoms with Crippen molar-refractivity contribution in [1.82, 2.24) is 5.32 Å². The van der Waals surface area contributed by atoms with E-state index in [1.165, 1.54) is 0 Å². The first-order chi connectivity index (χ1) is 14.1. The Morgan fingerprint density at radius 2 is 1.76 bits per heavy atom. The molecule has 6 nitrogen and oxygen atoms in total. The van der Waals surface area contributed by atoms with Gasteiger partial charge in [-0.1, -0.05) is 29.8 Å². The summed E-state index contributed by atoms with van der Waals surface area (Å²) in [7, 11) is 0. The predicted molar refractivity (Wildman–Crippen MR) is 107 cm³/mol. The van der Waals surface area contributed by atoms with Crippen LogP contribution in [0.4, 0.5) is 0 Å². The average Bonchev–Trinajstić information content (AvgIpc) is 3.54. The van der Waals surface area contributed by atoms with E-state index >= 15 is 0 Å². The average molecular weight is 416 g/mol. The number of carbonyl (C=O) groups is 2. The standard InChI is InChI=1S/C22H22ClNO5/c23-17-4-2-16(3-5-17)22(8-9-22)21(26)29-14-20(25)24-10-7-15-1-6-18-19(13-15)28-12-11-27-18/h1-6,13H,7-12,14H2,(H,24,25). The van der Waals surface area contributed by atoms with E-state index in [-0.39, 0.29) is 18.5 Å². The zero-order valence-corrected chi connectivity index (χ0v) is 16.7. The number of esters is 1. The highest BCUT2D eigenvalue weighted by Crippen LogP contribution is 2.49. The zero-order chi connectivity index (χ0) is 20.3. The van der Waals surface area contributed by atoms with Gasteiger partial charge in [-0.25, -0.2) is 0 Å². The molecule has 0 atom stereocenters. The maximum absolute atomic E-state index is 12.5. The largest absolute Gasteiger partial charge is 0.486 e. The van der Waals surface area contributed by atoms with Gasteiger partial charge >= 0.3 is 5.97 Å². The number of carbonyl (C=O) groups excluding carboxylic acids is 2. The van der Waals surface area contributed by atoms with E-state index in [1.54, 1.807) is 12.1 Å². The van der Waals surface area contributed by atoms with E-state index < -0.39 is 5.41 Å². The molecule has 4 rings (SSSR count). The molecule has 1 aliphatic heterocycles. The molecular weight excluding hydrogens is 394 g/mol. The Bertz CT molecular complexity index is 908. The van der Waals surface area contributed by atoms with Crippen LogP contribution in [-0.2, 0) is 26.2 Å². The molecule has 0 unspecified atom stereocenters. The van der Waals surface area contributed by atoms with Gasteiger partial charge < -0.3 is 19.5 Å². The molecule has 0 bridgehead atoms. The number of ether oxygens (including phenoxy) is 3. The molecule has 0 aromatic heterocycles. The highest BCUT2D eigenvalue weighted by molar-refractivity contribution is 6.30. The summed E-state index contributed by atoms with van der Waals surface area (Å²) in [6.45, 7) is 1.25. The number of amides is 1. The van der Waals surface area contributed by atoms with Crippen LogP contribution in [0.1, 0.15) is 24.0 Å². The van der Waals surface area contributed by atoms with Gasteiger partial charge in [0.05, 0.1) is 5.41 Å². The fourth-order valence-corrected chi connectivity index (χ4v) is 3.54. The minimum atomic E-state index is -0.629. The first-order valence-electron chi connectivity index (χ1n) is 9.65. The van der Waals surface area contributed by atoms with Crippen molar-refractivity contribution in [3.8, 4) is 11.5 Å². The van der Waals surface area contributed by atoms with Crippen molar-refractivity contribution >= 4 is 23.5 Å². The van der Waals surface area contributed by atoms with E-state index in [4.69, 9.17) is 25.8 Å². The predicted octanol–water partition coefficient (Wildman–Crippen LogP) is 3.04. The molecule has 0 radical (unpaired) electrons. The number of nitrogens with one attached hydrogen (secondary N) is 1. The third kappa shape index (κ3) is 4.48. The summed E-state index contributed by atoms with van der Waals surface area (Å²) < 4.78 is 16.3. The van der Waals surface area contributed by atoms with Crippen LogP contribution in [0.5, 0.6) is 11.5 Å². The SMILES string of the molecule is O=C(COC(=O)C1(c2ccc(Cl)cc2)CC1)NCCc1ccc2c(c1)OCCO2. The number of hydrogen-bond acceptors (Lipinski definition) is 5. The topological polar surface area (TPSA) is 73.9 Å². The number of hydrogen-bond donors (Lipinski definition) is 1. The number of halogens is 1. The molecule has 0 spiro atoms. The van der Waals surface area contributed by atoms with E-state index in [9.17, 15) is 9.59 Å². The summed E-state index contributed by atoms with van der Waals surface area (Å²) in [6, 6.07) is 12.9. The molecule has 1 fully saturated rings. The summed E-state index contributed by atoms with van der Waals surface area (Å²) >= 11 is 5.91. The molecule has 1 amide bonds. The van der Waals surface area contributed by atoms with Gasteiger partial charge in [0.15, 0.2) is 18.1 Å². The van der Waals surface area contributed by atoms with Gasteiger partial charge in [-0.05, 0) is 54.7 Å². The van der Waals surface area contributed by atoms with Crippen LogP contribution in [0.25, 0.3) is 0 Å². The second-order valence-corrected chi connectivity index (χ2v) is 7.68. The quantitative estimate of drug-likeness (QED) is 0.703. The molecule has 7 heteroatoms. The second kappa shape index (κ2) is 8.33. The van der Waals surface area contributed by atoms with Crippen LogP contribution in [0.2, 0.25) is 5.02 Å². The molecule has 1 N–H and O–H groups in total. The minimum absolute atomic E-state index is 0.282. The lowest BCUT2D eigenvalue weighted by Gasteiger charge is -2.19. The molecule has 2 aromatic rings. The Morgan fingerprint density at radius 3 is 2.48 bits per heavy atom. The molecule has 1 saturated carbocycles. The second-order valence-electron chi connectivity index (χ2n) is 7.24. The van der Waals surface area contributed by atoms with E-state index in [1.807, 2.05) is 30.3 Å². The van der Waals surface area contributed by atoms with E-state index in [0.717, 1.165) is 35.5 Å². The van der Waals surface area contributed by atoms with Gasteiger partial charge in [0.25, 0.3) is 5.91 Å². The fourth-order valence-electron chi connectivity index (χ4n) is 3.41. The van der Waals surface area contributed by atoms with Gasteiger partial charge in [0.1, 0.15) is 13.2 Å². The van der Waals surface area contributed by atoms with Crippen molar-refractivity contribution in [2.24, 2.45) is 0 Å². The zero-order valence-electron chi connectivity index (χ0n) is 15.9. The van der Waals surface area contributed by atoms with Crippen molar-refractivity contribution in [3.05, 3.63) is 58.6 Å². The fraction of sp³-hybridized carbons (Fsp3) is 0.364. The maximum Gasteiger partial charge on any atom is 0.317 e. The molecule has 2 aliphatic rings. The van der Waals surface area contributed by atoms with Crippen LogP contribution in [-0.4, -0.2) is 38.2 Å². The molecule has 152 valence electrons. The maximum atomic E-state index is 12.5. The summed E-state index contributed by atoms with van der Waals surface area (Å²) in [5.41, 5.74) is 1.29. The van der Waals surface area contributed by atoms with Crippen molar-refractivity contribution in [1.29, 1.82) is 0 Å². The van der Waals surface area contributed by atoms with Gasteiger partial charge in [0, 0.05) is 11.6 Å². The monoisotopic (exact) mass is 415 g/mol. The first kappa shape index (κ1) is 19.6. The molecule has 29 heavy (non-hydrogen) atoms. The third-order valence-electron chi connectivity index (χ3n) is 5.21. The Kier molecular flexibility index (Phi) is 5.62. The summed E-state index contributed by atoms with van der Waals surface area (Å²) in [5, 5.41) is 3.40. The molecular formula is C22H22ClNO5. The van der Waals surface area contributed by atoms with Crippen molar-refractivity contribution in [2.75, 3.05) is 26.4 Å². The molecule has 2 aromatic carbocycles. The molecule has 1 aliphatic carbocycles. The van der Waals surface area contributed by atoms with Crippen LogP contribution in [0, 0.1) is 0 Å². The Morgan fingerprint density at radius 1 is 1.03 bits per heavy atom. The lowest BCUT2D eigenvalue weighted by molar-refractivity contribution is -0.151. The van der Waals surface area contributed by atoms with Gasteiger partial charge in [0.2, 0.25) is 0 Å². The van der Waals surface area contributed by atoms with Crippen LogP contribution < -0.4 is 14.8 Å². The van der Waals surface area contributed by atoms with Gasteiger partial charge in [-0.2, -0.15) is 0 Å². The Hall–Kier alpha value is -2.73. The molecule has 0 saturated heterocycles. The smallest absolute Gasteiger partial charge is 0.317 e. The van der Waals surface area contributed by atoms with E-state index in [0.29, 0.717) is 31.2 Å². The number of rotatable bonds is 7. The summed E-state index contributed by atoms with van der Waals surface area (Å²) in [4.78, 5) is 24.5. The molecule has 1 heterocycles. The van der Waals surface area contributed by atoms with Gasteiger partial charge in [-0.15, -0.1) is 0 Å².